The minimum absolute atomic E-state index is 0.482. The Kier molecular flexibility index (Phi) is 3.14. The van der Waals surface area contributed by atoms with Gasteiger partial charge >= 0.3 is 0 Å². The van der Waals surface area contributed by atoms with Crippen molar-refractivity contribution in [3.63, 3.8) is 0 Å². The minimum atomic E-state index is -1.17. The van der Waals surface area contributed by atoms with Gasteiger partial charge in [-0.15, -0.1) is 0 Å². The van der Waals surface area contributed by atoms with Crippen LogP contribution in [-0.2, 0) is 33.1 Å². The number of fused-ring (bicyclic) bond motifs is 2. The summed E-state index contributed by atoms with van der Waals surface area (Å²) in [4.78, 5) is 1.58. The van der Waals surface area contributed by atoms with Crippen molar-refractivity contribution in [3.05, 3.63) is 59.7 Å². The third-order valence-corrected chi connectivity index (χ3v) is 5.84. The molecule has 2 aromatic carbocycles. The van der Waals surface area contributed by atoms with Gasteiger partial charge in [0.1, 0.15) is 0 Å². The van der Waals surface area contributed by atoms with E-state index in [1.54, 1.807) is 0 Å². The standard InChI is InChI=1S/C14H12O2S2/c15-17-9-11-5-1-3-7-13(11)18(16)14-8-4-2-6-12(14)10-17/h1-8H,9-10H2. The summed E-state index contributed by atoms with van der Waals surface area (Å²) in [6.07, 6.45) is 0. The number of rotatable bonds is 0. The highest BCUT2D eigenvalue weighted by molar-refractivity contribution is 7.86. The van der Waals surface area contributed by atoms with E-state index in [4.69, 9.17) is 0 Å². The summed E-state index contributed by atoms with van der Waals surface area (Å²) >= 11 is 0. The first kappa shape index (κ1) is 11.8. The van der Waals surface area contributed by atoms with Gasteiger partial charge in [0.25, 0.3) is 0 Å². The van der Waals surface area contributed by atoms with Gasteiger partial charge in [0.05, 0.1) is 22.3 Å². The molecule has 0 spiro atoms. The zero-order valence-corrected chi connectivity index (χ0v) is 11.3. The van der Waals surface area contributed by atoms with Crippen LogP contribution in [0, 0.1) is 0 Å². The molecule has 0 saturated heterocycles. The molecule has 1 heterocycles. The molecule has 18 heavy (non-hydrogen) atoms. The highest BCUT2D eigenvalue weighted by Crippen LogP contribution is 2.27. The Balaban J connectivity index is 2.23. The van der Waals surface area contributed by atoms with Crippen LogP contribution in [0.5, 0.6) is 0 Å². The molecule has 92 valence electrons. The third kappa shape index (κ3) is 2.06. The van der Waals surface area contributed by atoms with Gasteiger partial charge in [-0.1, -0.05) is 36.4 Å². The topological polar surface area (TPSA) is 34.1 Å². The second-order valence-electron chi connectivity index (χ2n) is 4.21. The van der Waals surface area contributed by atoms with Crippen molar-refractivity contribution in [2.45, 2.75) is 21.3 Å². The van der Waals surface area contributed by atoms with Crippen LogP contribution in [0.1, 0.15) is 11.1 Å². The molecule has 4 heteroatoms. The number of hydrogen-bond acceptors (Lipinski definition) is 2. The normalized spacial score (nSPS) is 22.4. The van der Waals surface area contributed by atoms with Crippen molar-refractivity contribution < 1.29 is 8.42 Å². The molecule has 0 unspecified atom stereocenters. The first-order chi connectivity index (χ1) is 8.75. The Morgan fingerprint density at radius 3 is 1.67 bits per heavy atom. The van der Waals surface area contributed by atoms with Crippen LogP contribution < -0.4 is 0 Å². The van der Waals surface area contributed by atoms with Crippen molar-refractivity contribution in [1.29, 1.82) is 0 Å². The molecule has 0 aliphatic carbocycles. The van der Waals surface area contributed by atoms with Gasteiger partial charge in [-0.3, -0.25) is 4.21 Å². The maximum atomic E-state index is 12.6. The van der Waals surface area contributed by atoms with Gasteiger partial charge in [-0.2, -0.15) is 0 Å². The lowest BCUT2D eigenvalue weighted by Gasteiger charge is -2.16. The fourth-order valence-electron chi connectivity index (χ4n) is 2.12. The first-order valence-corrected chi connectivity index (χ1v) is 8.32. The largest absolute Gasteiger partial charge is 0.259 e. The van der Waals surface area contributed by atoms with Crippen molar-refractivity contribution in [2.75, 3.05) is 0 Å². The van der Waals surface area contributed by atoms with Crippen LogP contribution in [0.25, 0.3) is 0 Å². The fourth-order valence-corrected chi connectivity index (χ4v) is 5.00. The lowest BCUT2D eigenvalue weighted by molar-refractivity contribution is 0.677. The zero-order valence-electron chi connectivity index (χ0n) is 9.67. The summed E-state index contributed by atoms with van der Waals surface area (Å²) in [6, 6.07) is 15.1. The Labute approximate surface area is 111 Å². The lowest BCUT2D eigenvalue weighted by atomic mass is 10.2. The molecule has 0 aromatic heterocycles. The molecule has 1 aliphatic rings. The summed E-state index contributed by atoms with van der Waals surface area (Å²) in [7, 11) is -2.11. The molecular formula is C14H12O2S2. The predicted molar refractivity (Wildman–Crippen MR) is 73.1 cm³/mol. The third-order valence-electron chi connectivity index (χ3n) is 2.98. The van der Waals surface area contributed by atoms with Gasteiger partial charge in [-0.25, -0.2) is 4.21 Å². The van der Waals surface area contributed by atoms with Gasteiger partial charge in [0, 0.05) is 20.6 Å². The molecule has 3 rings (SSSR count). The summed E-state index contributed by atoms with van der Waals surface area (Å²) in [5, 5.41) is 0. The lowest BCUT2D eigenvalue weighted by Crippen LogP contribution is -2.10. The molecule has 0 N–H and O–H groups in total. The molecule has 0 saturated carbocycles. The Morgan fingerprint density at radius 2 is 1.17 bits per heavy atom. The maximum absolute atomic E-state index is 12.6. The van der Waals surface area contributed by atoms with Gasteiger partial charge in [0.2, 0.25) is 0 Å². The fraction of sp³-hybridized carbons (Fsp3) is 0.143. The van der Waals surface area contributed by atoms with Crippen molar-refractivity contribution in [2.24, 2.45) is 0 Å². The van der Waals surface area contributed by atoms with Gasteiger partial charge in [-0.05, 0) is 23.3 Å². The van der Waals surface area contributed by atoms with E-state index in [2.05, 4.69) is 0 Å². The second-order valence-corrected chi connectivity index (χ2v) is 7.09. The van der Waals surface area contributed by atoms with Crippen molar-refractivity contribution >= 4 is 21.6 Å². The highest BCUT2D eigenvalue weighted by atomic mass is 32.2. The highest BCUT2D eigenvalue weighted by Gasteiger charge is 2.20. The smallest absolute Gasteiger partial charge is 0.0855 e. The van der Waals surface area contributed by atoms with E-state index in [-0.39, 0.29) is 0 Å². The molecule has 2 aromatic rings. The van der Waals surface area contributed by atoms with Crippen LogP contribution >= 0.6 is 0 Å². The van der Waals surface area contributed by atoms with Crippen LogP contribution in [0.15, 0.2) is 58.3 Å². The minimum Gasteiger partial charge on any atom is -0.259 e. The molecule has 0 fully saturated rings. The molecule has 1 aliphatic heterocycles. The van der Waals surface area contributed by atoms with E-state index < -0.39 is 21.6 Å². The monoisotopic (exact) mass is 276 g/mol. The molecule has 0 radical (unpaired) electrons. The summed E-state index contributed by atoms with van der Waals surface area (Å²) in [5.74, 6) is 0.965. The summed E-state index contributed by atoms with van der Waals surface area (Å²) in [6.45, 7) is 0. The van der Waals surface area contributed by atoms with E-state index in [0.717, 1.165) is 20.9 Å². The summed E-state index contributed by atoms with van der Waals surface area (Å²) < 4.78 is 24.7. The Bertz CT molecular complexity index is 596. The Hall–Kier alpha value is -1.26. The van der Waals surface area contributed by atoms with E-state index in [1.807, 2.05) is 48.5 Å². The number of benzene rings is 2. The van der Waals surface area contributed by atoms with Crippen LogP contribution in [0.3, 0.4) is 0 Å². The van der Waals surface area contributed by atoms with Crippen molar-refractivity contribution in [3.8, 4) is 0 Å². The molecule has 0 bridgehead atoms. The SMILES string of the molecule is O=S1Cc2ccccc2S(=O)c2ccccc2C1. The first-order valence-electron chi connectivity index (χ1n) is 5.68. The van der Waals surface area contributed by atoms with E-state index in [9.17, 15) is 8.42 Å². The van der Waals surface area contributed by atoms with Crippen molar-refractivity contribution in [1.82, 2.24) is 0 Å². The van der Waals surface area contributed by atoms with Crippen LogP contribution in [0.2, 0.25) is 0 Å². The van der Waals surface area contributed by atoms with E-state index in [0.29, 0.717) is 11.5 Å². The van der Waals surface area contributed by atoms with Gasteiger partial charge < -0.3 is 0 Å². The van der Waals surface area contributed by atoms with E-state index in [1.165, 1.54) is 0 Å². The Morgan fingerprint density at radius 1 is 0.722 bits per heavy atom. The molecule has 0 atom stereocenters. The molecule has 0 amide bonds. The predicted octanol–water partition coefficient (Wildman–Crippen LogP) is 2.62. The average Bonchev–Trinajstić information content (AvgIpc) is 2.38. The quantitative estimate of drug-likeness (QED) is 0.741. The molecule has 2 nitrogen and oxygen atoms in total. The van der Waals surface area contributed by atoms with E-state index >= 15 is 0 Å². The van der Waals surface area contributed by atoms with Gasteiger partial charge in [0.15, 0.2) is 0 Å². The molecular weight excluding hydrogens is 264 g/mol. The summed E-state index contributed by atoms with van der Waals surface area (Å²) in [5.41, 5.74) is 1.87. The van der Waals surface area contributed by atoms with Crippen LogP contribution in [0.4, 0.5) is 0 Å². The second kappa shape index (κ2) is 4.78. The average molecular weight is 276 g/mol. The maximum Gasteiger partial charge on any atom is 0.0855 e. The number of hydrogen-bond donors (Lipinski definition) is 0. The zero-order chi connectivity index (χ0) is 12.5. The van der Waals surface area contributed by atoms with Crippen LogP contribution in [-0.4, -0.2) is 8.42 Å².